The molecule has 0 bridgehead atoms. The summed E-state index contributed by atoms with van der Waals surface area (Å²) in [5.41, 5.74) is 2.17. The number of anilines is 2. The van der Waals surface area contributed by atoms with Gasteiger partial charge in [0, 0.05) is 31.0 Å². The Morgan fingerprint density at radius 1 is 1.22 bits per heavy atom. The van der Waals surface area contributed by atoms with Crippen LogP contribution >= 0.6 is 0 Å². The summed E-state index contributed by atoms with van der Waals surface area (Å²) in [6.07, 6.45) is 7.15. The highest BCUT2D eigenvalue weighted by atomic mass is 19.4. The summed E-state index contributed by atoms with van der Waals surface area (Å²) in [6, 6.07) is 3.67. The average Bonchev–Trinajstić information content (AvgIpc) is 3.65. The lowest BCUT2D eigenvalue weighted by atomic mass is 9.96. The lowest BCUT2D eigenvalue weighted by molar-refractivity contribution is -0.182. The summed E-state index contributed by atoms with van der Waals surface area (Å²) < 4.78 is 41.5. The summed E-state index contributed by atoms with van der Waals surface area (Å²) in [4.78, 5) is 22.1. The highest BCUT2D eigenvalue weighted by Crippen LogP contribution is 2.57. The van der Waals surface area contributed by atoms with E-state index in [9.17, 15) is 18.0 Å². The third-order valence-corrected chi connectivity index (χ3v) is 7.67. The number of halogens is 3. The van der Waals surface area contributed by atoms with E-state index in [-0.39, 0.29) is 37.2 Å². The van der Waals surface area contributed by atoms with Crippen molar-refractivity contribution in [2.45, 2.75) is 50.7 Å². The van der Waals surface area contributed by atoms with E-state index in [0.717, 1.165) is 54.4 Å². The first-order valence-electron chi connectivity index (χ1n) is 12.7. The first kappa shape index (κ1) is 23.9. The molecule has 3 aliphatic rings. The molecule has 0 radical (unpaired) electrons. The molecule has 1 saturated heterocycles. The highest BCUT2D eigenvalue weighted by Gasteiger charge is 2.63. The molecule has 194 valence electrons. The number of nitrogens with one attached hydrogen (secondary N) is 3. The molecule has 11 heteroatoms. The van der Waals surface area contributed by atoms with Crippen molar-refractivity contribution < 1.29 is 18.0 Å². The van der Waals surface area contributed by atoms with Crippen LogP contribution in [0.1, 0.15) is 60.0 Å². The van der Waals surface area contributed by atoms with Gasteiger partial charge in [-0.25, -0.2) is 9.50 Å². The second kappa shape index (κ2) is 9.13. The van der Waals surface area contributed by atoms with Gasteiger partial charge in [0.1, 0.15) is 5.82 Å². The fourth-order valence-corrected chi connectivity index (χ4v) is 5.17. The van der Waals surface area contributed by atoms with Gasteiger partial charge in [-0.1, -0.05) is 18.9 Å². The molecule has 3 N–H and O–H groups in total. The number of hydrogen-bond donors (Lipinski definition) is 3. The van der Waals surface area contributed by atoms with Crippen molar-refractivity contribution in [1.29, 1.82) is 0 Å². The summed E-state index contributed by atoms with van der Waals surface area (Å²) in [7, 11) is 0. The molecular weight excluding hydrogens is 483 g/mol. The molecule has 6 rings (SSSR count). The van der Waals surface area contributed by atoms with Crippen LogP contribution in [0.5, 0.6) is 0 Å². The summed E-state index contributed by atoms with van der Waals surface area (Å²) >= 11 is 0. The standard InChI is InChI=1S/C26H28F3N7O/c27-26(28,29)25(7-8-25)15-33-24-32-13-18-17(5-10-31-23(18)35-24)16-6-11-36-21(12-16)19(14-34-36)22(37)20-4-2-1-3-9-30-20/h5-6,11-14,20,30H,1-4,7-10,15H2,(H2,31,32,33,35). The number of aromatic nitrogens is 4. The first-order chi connectivity index (χ1) is 17.8. The van der Waals surface area contributed by atoms with E-state index < -0.39 is 11.6 Å². The van der Waals surface area contributed by atoms with E-state index in [1.807, 2.05) is 24.4 Å². The van der Waals surface area contributed by atoms with E-state index in [4.69, 9.17) is 0 Å². The molecule has 1 unspecified atom stereocenters. The molecule has 5 heterocycles. The van der Waals surface area contributed by atoms with Gasteiger partial charge in [-0.05, 0) is 55.5 Å². The molecule has 1 atom stereocenters. The number of rotatable bonds is 6. The average molecular weight is 512 g/mol. The zero-order valence-electron chi connectivity index (χ0n) is 20.2. The number of carbonyl (C=O) groups excluding carboxylic acids is 1. The second-order valence-electron chi connectivity index (χ2n) is 10.1. The normalized spacial score (nSPS) is 20.9. The van der Waals surface area contributed by atoms with Crippen LogP contribution in [0.3, 0.4) is 0 Å². The van der Waals surface area contributed by atoms with E-state index in [1.165, 1.54) is 0 Å². The quantitative estimate of drug-likeness (QED) is 0.421. The van der Waals surface area contributed by atoms with Gasteiger partial charge in [-0.3, -0.25) is 4.79 Å². The van der Waals surface area contributed by atoms with Crippen LogP contribution in [0, 0.1) is 5.41 Å². The van der Waals surface area contributed by atoms with E-state index in [2.05, 4.69) is 31.0 Å². The number of ketones is 1. The van der Waals surface area contributed by atoms with Gasteiger partial charge in [-0.15, -0.1) is 0 Å². The van der Waals surface area contributed by atoms with Crippen molar-refractivity contribution in [3.63, 3.8) is 0 Å². The number of Topliss-reactive ketones (excluding diaryl/α,β-unsaturated/α-hetero) is 1. The van der Waals surface area contributed by atoms with Crippen molar-refractivity contribution >= 4 is 28.6 Å². The van der Waals surface area contributed by atoms with Crippen molar-refractivity contribution in [2.75, 3.05) is 30.3 Å². The van der Waals surface area contributed by atoms with E-state index >= 15 is 0 Å². The van der Waals surface area contributed by atoms with Crippen LogP contribution in [0.15, 0.2) is 36.8 Å². The Hall–Kier alpha value is -3.47. The maximum Gasteiger partial charge on any atom is 0.396 e. The Kier molecular flexibility index (Phi) is 5.89. The number of hydrogen-bond acceptors (Lipinski definition) is 7. The van der Waals surface area contributed by atoms with Crippen LogP contribution in [0.4, 0.5) is 24.9 Å². The zero-order chi connectivity index (χ0) is 25.6. The van der Waals surface area contributed by atoms with Crippen LogP contribution in [0.25, 0.3) is 11.1 Å². The van der Waals surface area contributed by atoms with Gasteiger partial charge in [0.25, 0.3) is 0 Å². The molecule has 0 aromatic carbocycles. The molecule has 37 heavy (non-hydrogen) atoms. The molecular formula is C26H28F3N7O. The predicted molar refractivity (Wildman–Crippen MR) is 134 cm³/mol. The maximum atomic E-state index is 13.3. The Balaban J connectivity index is 1.25. The lowest BCUT2D eigenvalue weighted by Gasteiger charge is -2.21. The number of pyridine rings is 1. The van der Waals surface area contributed by atoms with Gasteiger partial charge < -0.3 is 16.0 Å². The zero-order valence-corrected chi connectivity index (χ0v) is 20.2. The Morgan fingerprint density at radius 2 is 2.08 bits per heavy atom. The van der Waals surface area contributed by atoms with Gasteiger partial charge in [0.05, 0.1) is 28.7 Å². The van der Waals surface area contributed by atoms with Crippen LogP contribution in [-0.4, -0.2) is 57.2 Å². The smallest absolute Gasteiger partial charge is 0.366 e. The molecule has 2 aliphatic heterocycles. The Labute approximate surface area is 211 Å². The summed E-state index contributed by atoms with van der Waals surface area (Å²) in [5.74, 6) is 0.775. The molecule has 3 aromatic heterocycles. The molecule has 1 aliphatic carbocycles. The van der Waals surface area contributed by atoms with Crippen molar-refractivity contribution in [2.24, 2.45) is 5.41 Å². The number of alkyl halides is 3. The largest absolute Gasteiger partial charge is 0.396 e. The third-order valence-electron chi connectivity index (χ3n) is 7.67. The monoisotopic (exact) mass is 511 g/mol. The van der Waals surface area contributed by atoms with Gasteiger partial charge in [0.15, 0.2) is 5.78 Å². The number of fused-ring (bicyclic) bond motifs is 2. The molecule has 3 aromatic rings. The van der Waals surface area contributed by atoms with E-state index in [0.29, 0.717) is 17.9 Å². The predicted octanol–water partition coefficient (Wildman–Crippen LogP) is 4.45. The molecule has 2 fully saturated rings. The third kappa shape index (κ3) is 4.45. The van der Waals surface area contributed by atoms with Crippen LogP contribution in [0.2, 0.25) is 0 Å². The Morgan fingerprint density at radius 3 is 2.89 bits per heavy atom. The fourth-order valence-electron chi connectivity index (χ4n) is 5.17. The summed E-state index contributed by atoms with van der Waals surface area (Å²) in [5, 5.41) is 13.7. The maximum absolute atomic E-state index is 13.3. The molecule has 0 spiro atoms. The minimum Gasteiger partial charge on any atom is -0.366 e. The minimum atomic E-state index is -4.23. The summed E-state index contributed by atoms with van der Waals surface area (Å²) in [6.45, 7) is 1.11. The van der Waals surface area contributed by atoms with Crippen LogP contribution in [-0.2, 0) is 0 Å². The first-order valence-corrected chi connectivity index (χ1v) is 12.7. The molecule has 8 nitrogen and oxygen atoms in total. The molecule has 0 amide bonds. The number of nitrogens with zero attached hydrogens (tertiary/aromatic N) is 4. The molecule has 1 saturated carbocycles. The second-order valence-corrected chi connectivity index (χ2v) is 10.1. The number of carbonyl (C=O) groups is 1. The van der Waals surface area contributed by atoms with Gasteiger partial charge in [-0.2, -0.15) is 23.3 Å². The van der Waals surface area contributed by atoms with Crippen molar-refractivity contribution in [3.05, 3.63) is 53.5 Å². The van der Waals surface area contributed by atoms with E-state index in [1.54, 1.807) is 16.9 Å². The van der Waals surface area contributed by atoms with Crippen LogP contribution < -0.4 is 16.0 Å². The van der Waals surface area contributed by atoms with Gasteiger partial charge in [0.2, 0.25) is 5.95 Å². The highest BCUT2D eigenvalue weighted by molar-refractivity contribution is 6.06. The fraction of sp³-hybridized carbons (Fsp3) is 0.462. The van der Waals surface area contributed by atoms with Crippen molar-refractivity contribution in [1.82, 2.24) is 24.9 Å². The lowest BCUT2D eigenvalue weighted by Crippen LogP contribution is -2.36. The topological polar surface area (TPSA) is 96.2 Å². The minimum absolute atomic E-state index is 0.0556. The SMILES string of the molecule is O=C(c1cnn2ccc(C3=CCNc4nc(NCC5(C(F)(F)F)CC5)ncc43)cc12)C1CCCCCN1. The van der Waals surface area contributed by atoms with Crippen molar-refractivity contribution in [3.8, 4) is 0 Å². The van der Waals surface area contributed by atoms with Gasteiger partial charge >= 0.3 is 6.18 Å². The Bertz CT molecular complexity index is 1370.